The van der Waals surface area contributed by atoms with Gasteiger partial charge in [0.15, 0.2) is 0 Å². The van der Waals surface area contributed by atoms with Crippen LogP contribution in [-0.4, -0.2) is 11.7 Å². The molecule has 0 fully saturated rings. The van der Waals surface area contributed by atoms with Crippen LogP contribution >= 0.6 is 0 Å². The maximum absolute atomic E-state index is 9.66. The Morgan fingerprint density at radius 3 is 2.80 bits per heavy atom. The van der Waals surface area contributed by atoms with Crippen molar-refractivity contribution in [3.8, 4) is 5.75 Å². The fourth-order valence-corrected chi connectivity index (χ4v) is 2.33. The summed E-state index contributed by atoms with van der Waals surface area (Å²) in [5.74, 6) is 0.807. The Morgan fingerprint density at radius 1 is 1.40 bits per heavy atom. The molecule has 0 radical (unpaired) electrons. The van der Waals surface area contributed by atoms with Crippen LogP contribution in [0.2, 0.25) is 0 Å². The molecule has 15 heavy (non-hydrogen) atoms. The van der Waals surface area contributed by atoms with Crippen molar-refractivity contribution in [3.05, 3.63) is 28.8 Å². The second kappa shape index (κ2) is 3.86. The van der Waals surface area contributed by atoms with Crippen molar-refractivity contribution in [2.24, 2.45) is 0 Å². The lowest BCUT2D eigenvalue weighted by molar-refractivity contribution is 0.0545. The first kappa shape index (κ1) is 10.5. The number of ether oxygens (including phenoxy) is 1. The highest BCUT2D eigenvalue weighted by Gasteiger charge is 2.22. The first-order valence-electron chi connectivity index (χ1n) is 5.57. The number of phenolic OH excluding ortho intramolecular Hbond substituents is 1. The van der Waals surface area contributed by atoms with Gasteiger partial charge in [0.25, 0.3) is 0 Å². The summed E-state index contributed by atoms with van der Waals surface area (Å²) >= 11 is 0. The Kier molecular flexibility index (Phi) is 2.70. The Labute approximate surface area is 90.9 Å². The van der Waals surface area contributed by atoms with Gasteiger partial charge in [-0.3, -0.25) is 0 Å². The number of hydrogen-bond donors (Lipinski definition) is 1. The van der Waals surface area contributed by atoms with Crippen molar-refractivity contribution in [2.45, 2.75) is 39.2 Å². The quantitative estimate of drug-likeness (QED) is 0.764. The molecule has 1 aromatic rings. The van der Waals surface area contributed by atoms with Gasteiger partial charge in [-0.15, -0.1) is 0 Å². The fourth-order valence-electron chi connectivity index (χ4n) is 2.33. The van der Waals surface area contributed by atoms with Crippen LogP contribution in [0.15, 0.2) is 12.1 Å². The third-order valence-electron chi connectivity index (χ3n) is 3.05. The minimum Gasteiger partial charge on any atom is -0.508 e. The fraction of sp³-hybridized carbons (Fsp3) is 0.538. The Morgan fingerprint density at radius 2 is 2.13 bits per heavy atom. The number of phenols is 1. The van der Waals surface area contributed by atoms with Gasteiger partial charge in [-0.1, -0.05) is 13.8 Å². The monoisotopic (exact) mass is 206 g/mol. The van der Waals surface area contributed by atoms with Gasteiger partial charge < -0.3 is 9.84 Å². The molecule has 1 atom stereocenters. The average Bonchev–Trinajstić information content (AvgIpc) is 2.16. The highest BCUT2D eigenvalue weighted by Crippen LogP contribution is 2.36. The van der Waals surface area contributed by atoms with Crippen LogP contribution in [0.25, 0.3) is 0 Å². The predicted molar refractivity (Wildman–Crippen MR) is 60.3 cm³/mol. The van der Waals surface area contributed by atoms with Gasteiger partial charge in [0, 0.05) is 0 Å². The Hall–Kier alpha value is -1.02. The largest absolute Gasteiger partial charge is 0.508 e. The number of hydrogen-bond acceptors (Lipinski definition) is 2. The van der Waals surface area contributed by atoms with Gasteiger partial charge in [0.2, 0.25) is 0 Å². The van der Waals surface area contributed by atoms with E-state index in [0.717, 1.165) is 13.0 Å². The molecule has 0 aliphatic carbocycles. The first-order valence-corrected chi connectivity index (χ1v) is 5.57. The summed E-state index contributed by atoms with van der Waals surface area (Å²) in [6.45, 7) is 7.14. The molecular formula is C13H18O2. The van der Waals surface area contributed by atoms with Crippen molar-refractivity contribution in [1.82, 2.24) is 0 Å². The molecule has 0 aromatic heterocycles. The molecule has 0 saturated heterocycles. The molecule has 1 aromatic carbocycles. The summed E-state index contributed by atoms with van der Waals surface area (Å²) in [6, 6.07) is 3.74. The highest BCUT2D eigenvalue weighted by atomic mass is 16.5. The van der Waals surface area contributed by atoms with Crippen LogP contribution in [0.5, 0.6) is 5.75 Å². The summed E-state index contributed by atoms with van der Waals surface area (Å²) in [6.07, 6.45) is 1.07. The zero-order valence-corrected chi connectivity index (χ0v) is 9.58. The first-order chi connectivity index (χ1) is 7.09. The summed E-state index contributed by atoms with van der Waals surface area (Å²) in [5.41, 5.74) is 3.75. The van der Waals surface area contributed by atoms with Crippen LogP contribution in [-0.2, 0) is 11.2 Å². The molecule has 82 valence electrons. The van der Waals surface area contributed by atoms with Crippen LogP contribution in [0, 0.1) is 0 Å². The SMILES string of the molecule is CC(C)c1cc(O)cc2c1C(C)OCC2. The van der Waals surface area contributed by atoms with E-state index in [4.69, 9.17) is 4.74 Å². The summed E-state index contributed by atoms with van der Waals surface area (Å²) in [7, 11) is 0. The van der Waals surface area contributed by atoms with Gasteiger partial charge in [-0.2, -0.15) is 0 Å². The third-order valence-corrected chi connectivity index (χ3v) is 3.05. The maximum atomic E-state index is 9.66. The van der Waals surface area contributed by atoms with Crippen molar-refractivity contribution in [1.29, 1.82) is 0 Å². The van der Waals surface area contributed by atoms with E-state index in [1.807, 2.05) is 12.1 Å². The van der Waals surface area contributed by atoms with Crippen molar-refractivity contribution in [2.75, 3.05) is 6.61 Å². The predicted octanol–water partition coefficient (Wildman–Crippen LogP) is 3.15. The van der Waals surface area contributed by atoms with E-state index in [1.165, 1.54) is 16.7 Å². The minimum atomic E-state index is 0.159. The summed E-state index contributed by atoms with van der Waals surface area (Å²) < 4.78 is 5.65. The molecule has 0 amide bonds. The van der Waals surface area contributed by atoms with Crippen LogP contribution < -0.4 is 0 Å². The highest BCUT2D eigenvalue weighted by molar-refractivity contribution is 5.45. The topological polar surface area (TPSA) is 29.5 Å². The van der Waals surface area contributed by atoms with Gasteiger partial charge >= 0.3 is 0 Å². The summed E-state index contributed by atoms with van der Waals surface area (Å²) in [4.78, 5) is 0. The van der Waals surface area contributed by atoms with E-state index in [2.05, 4.69) is 20.8 Å². The molecule has 2 heteroatoms. The normalized spacial score (nSPS) is 20.4. The molecule has 2 rings (SSSR count). The van der Waals surface area contributed by atoms with Gasteiger partial charge in [-0.25, -0.2) is 0 Å². The van der Waals surface area contributed by atoms with E-state index in [1.54, 1.807) is 0 Å². The summed E-state index contributed by atoms with van der Waals surface area (Å²) in [5, 5.41) is 9.66. The lowest BCUT2D eigenvalue weighted by Gasteiger charge is -2.27. The lowest BCUT2D eigenvalue weighted by atomic mass is 9.88. The third kappa shape index (κ3) is 1.86. The Balaban J connectivity index is 2.58. The van der Waals surface area contributed by atoms with Crippen molar-refractivity contribution >= 4 is 0 Å². The minimum absolute atomic E-state index is 0.159. The van der Waals surface area contributed by atoms with Crippen LogP contribution in [0.3, 0.4) is 0 Å². The molecule has 1 heterocycles. The lowest BCUT2D eigenvalue weighted by Crippen LogP contribution is -2.16. The second-order valence-electron chi connectivity index (χ2n) is 4.53. The molecular weight excluding hydrogens is 188 g/mol. The van der Waals surface area contributed by atoms with E-state index in [-0.39, 0.29) is 6.10 Å². The van der Waals surface area contributed by atoms with Crippen molar-refractivity contribution < 1.29 is 9.84 Å². The number of rotatable bonds is 1. The number of benzene rings is 1. The molecule has 1 unspecified atom stereocenters. The Bertz CT molecular complexity index is 369. The maximum Gasteiger partial charge on any atom is 0.116 e. The van der Waals surface area contributed by atoms with Crippen LogP contribution in [0.4, 0.5) is 0 Å². The standard InChI is InChI=1S/C13H18O2/c1-8(2)12-7-11(14)6-10-4-5-15-9(3)13(10)12/h6-9,14H,4-5H2,1-3H3. The van der Waals surface area contributed by atoms with E-state index in [0.29, 0.717) is 11.7 Å². The van der Waals surface area contributed by atoms with Crippen molar-refractivity contribution in [3.63, 3.8) is 0 Å². The van der Waals surface area contributed by atoms with E-state index < -0.39 is 0 Å². The smallest absolute Gasteiger partial charge is 0.116 e. The molecule has 0 saturated carbocycles. The van der Waals surface area contributed by atoms with E-state index in [9.17, 15) is 5.11 Å². The van der Waals surface area contributed by atoms with E-state index >= 15 is 0 Å². The zero-order chi connectivity index (χ0) is 11.0. The molecule has 1 aliphatic heterocycles. The molecule has 2 nitrogen and oxygen atoms in total. The molecule has 0 spiro atoms. The molecule has 1 N–H and O–H groups in total. The zero-order valence-electron chi connectivity index (χ0n) is 9.58. The average molecular weight is 206 g/mol. The van der Waals surface area contributed by atoms with Gasteiger partial charge in [0.1, 0.15) is 5.75 Å². The number of fused-ring (bicyclic) bond motifs is 1. The molecule has 0 bridgehead atoms. The van der Waals surface area contributed by atoms with Crippen LogP contribution in [0.1, 0.15) is 49.5 Å². The second-order valence-corrected chi connectivity index (χ2v) is 4.53. The van der Waals surface area contributed by atoms with Gasteiger partial charge in [-0.05, 0) is 48.1 Å². The number of aromatic hydroxyl groups is 1. The van der Waals surface area contributed by atoms with Gasteiger partial charge in [0.05, 0.1) is 12.7 Å². The molecule has 1 aliphatic rings.